The number of carbonyl (C=O) groups excluding carboxylic acids is 1. The van der Waals surface area contributed by atoms with Gasteiger partial charge in [-0.05, 0) is 51.2 Å². The summed E-state index contributed by atoms with van der Waals surface area (Å²) in [5.41, 5.74) is 2.64. The summed E-state index contributed by atoms with van der Waals surface area (Å²) in [5, 5.41) is 0. The van der Waals surface area contributed by atoms with Crippen LogP contribution >= 0.6 is 0 Å². The molecule has 108 valence electrons. The third kappa shape index (κ3) is 2.54. The van der Waals surface area contributed by atoms with Crippen molar-refractivity contribution in [2.75, 3.05) is 18.0 Å². The molecule has 0 spiro atoms. The molecule has 1 unspecified atom stereocenters. The molecule has 20 heavy (non-hydrogen) atoms. The number of aryl methyl sites for hydroxylation is 1. The molecule has 3 nitrogen and oxygen atoms in total. The van der Waals surface area contributed by atoms with E-state index in [2.05, 4.69) is 47.9 Å². The molecule has 1 aliphatic carbocycles. The SMILES string of the molecule is CCN(C(=O)CN1c2ccccc2CCC1C)C1CC1. The zero-order chi connectivity index (χ0) is 14.1. The highest BCUT2D eigenvalue weighted by atomic mass is 16.2. The zero-order valence-corrected chi connectivity index (χ0v) is 12.5. The van der Waals surface area contributed by atoms with Crippen LogP contribution in [0.3, 0.4) is 0 Å². The fourth-order valence-corrected chi connectivity index (χ4v) is 3.26. The molecule has 3 rings (SSSR count). The molecule has 1 saturated carbocycles. The average Bonchev–Trinajstić information content (AvgIpc) is 3.27. The Bertz CT molecular complexity index is 496. The molecule has 1 atom stereocenters. The third-order valence-corrected chi connectivity index (χ3v) is 4.62. The number of benzene rings is 1. The molecule has 1 heterocycles. The smallest absolute Gasteiger partial charge is 0.242 e. The minimum absolute atomic E-state index is 0.290. The van der Waals surface area contributed by atoms with Gasteiger partial charge in [-0.2, -0.15) is 0 Å². The minimum Gasteiger partial charge on any atom is -0.359 e. The van der Waals surface area contributed by atoms with Gasteiger partial charge in [0.05, 0.1) is 6.54 Å². The van der Waals surface area contributed by atoms with Gasteiger partial charge in [0.1, 0.15) is 0 Å². The Kier molecular flexibility index (Phi) is 3.68. The van der Waals surface area contributed by atoms with Crippen LogP contribution < -0.4 is 4.90 Å². The van der Waals surface area contributed by atoms with Crippen molar-refractivity contribution in [2.45, 2.75) is 51.6 Å². The second-order valence-electron chi connectivity index (χ2n) is 6.06. The van der Waals surface area contributed by atoms with Crippen LogP contribution in [0.15, 0.2) is 24.3 Å². The van der Waals surface area contributed by atoms with Crippen LogP contribution in [0.4, 0.5) is 5.69 Å². The Labute approximate surface area is 121 Å². The van der Waals surface area contributed by atoms with Gasteiger partial charge in [0.15, 0.2) is 0 Å². The minimum atomic E-state index is 0.290. The Morgan fingerprint density at radius 2 is 2.05 bits per heavy atom. The summed E-state index contributed by atoms with van der Waals surface area (Å²) in [6.45, 7) is 5.69. The first kappa shape index (κ1) is 13.5. The molecule has 1 amide bonds. The Balaban J connectivity index is 1.77. The van der Waals surface area contributed by atoms with Gasteiger partial charge in [0.2, 0.25) is 5.91 Å². The first-order valence-corrected chi connectivity index (χ1v) is 7.84. The van der Waals surface area contributed by atoms with Gasteiger partial charge in [-0.1, -0.05) is 18.2 Å². The fraction of sp³-hybridized carbons (Fsp3) is 0.588. The number of hydrogen-bond acceptors (Lipinski definition) is 2. The molecule has 1 aromatic rings. The summed E-state index contributed by atoms with van der Waals surface area (Å²) >= 11 is 0. The van der Waals surface area contributed by atoms with Crippen LogP contribution in [0.1, 0.15) is 38.7 Å². The first-order valence-electron chi connectivity index (χ1n) is 7.84. The van der Waals surface area contributed by atoms with Gasteiger partial charge < -0.3 is 9.80 Å². The summed E-state index contributed by atoms with van der Waals surface area (Å²) < 4.78 is 0. The monoisotopic (exact) mass is 272 g/mol. The molecule has 3 heteroatoms. The lowest BCUT2D eigenvalue weighted by molar-refractivity contribution is -0.130. The highest BCUT2D eigenvalue weighted by Crippen LogP contribution is 2.31. The van der Waals surface area contributed by atoms with Gasteiger partial charge in [-0.15, -0.1) is 0 Å². The predicted octanol–water partition coefficient (Wildman–Crippen LogP) is 2.84. The van der Waals surface area contributed by atoms with Crippen molar-refractivity contribution in [1.82, 2.24) is 4.90 Å². The molecule has 0 radical (unpaired) electrons. The molecule has 1 fully saturated rings. The largest absolute Gasteiger partial charge is 0.359 e. The van der Waals surface area contributed by atoms with E-state index >= 15 is 0 Å². The standard InChI is InChI=1S/C17H24N2O/c1-3-18(15-10-11-15)17(20)12-19-13(2)8-9-14-6-4-5-7-16(14)19/h4-7,13,15H,3,8-12H2,1-2H3. The lowest BCUT2D eigenvalue weighted by Gasteiger charge is -2.37. The van der Waals surface area contributed by atoms with Crippen molar-refractivity contribution < 1.29 is 4.79 Å². The number of rotatable bonds is 4. The number of fused-ring (bicyclic) bond motifs is 1. The number of amides is 1. The Hall–Kier alpha value is -1.51. The molecule has 0 aromatic heterocycles. The molecule has 1 aromatic carbocycles. The Morgan fingerprint density at radius 1 is 1.30 bits per heavy atom. The quantitative estimate of drug-likeness (QED) is 0.841. The van der Waals surface area contributed by atoms with Gasteiger partial charge in [-0.25, -0.2) is 0 Å². The zero-order valence-electron chi connectivity index (χ0n) is 12.5. The van der Waals surface area contributed by atoms with Crippen LogP contribution in [0, 0.1) is 0 Å². The van der Waals surface area contributed by atoms with Crippen LogP contribution in [0.5, 0.6) is 0 Å². The second kappa shape index (κ2) is 5.47. The van der Waals surface area contributed by atoms with E-state index in [0.29, 0.717) is 24.5 Å². The topological polar surface area (TPSA) is 23.6 Å². The highest BCUT2D eigenvalue weighted by molar-refractivity contribution is 5.82. The summed E-state index contributed by atoms with van der Waals surface area (Å²) in [5.74, 6) is 0.290. The van der Waals surface area contributed by atoms with E-state index in [9.17, 15) is 4.79 Å². The average molecular weight is 272 g/mol. The van der Waals surface area contributed by atoms with Gasteiger partial charge in [0.25, 0.3) is 0 Å². The number of para-hydroxylation sites is 1. The number of likely N-dealkylation sites (N-methyl/N-ethyl adjacent to an activating group) is 1. The Morgan fingerprint density at radius 3 is 2.75 bits per heavy atom. The molecule has 1 aliphatic heterocycles. The second-order valence-corrected chi connectivity index (χ2v) is 6.06. The van der Waals surface area contributed by atoms with Crippen molar-refractivity contribution >= 4 is 11.6 Å². The summed E-state index contributed by atoms with van der Waals surface area (Å²) in [6, 6.07) is 9.49. The van der Waals surface area contributed by atoms with E-state index in [4.69, 9.17) is 0 Å². The van der Waals surface area contributed by atoms with Gasteiger partial charge >= 0.3 is 0 Å². The number of hydrogen-bond donors (Lipinski definition) is 0. The molecular weight excluding hydrogens is 248 g/mol. The maximum absolute atomic E-state index is 12.6. The van der Waals surface area contributed by atoms with Crippen LogP contribution in [0.25, 0.3) is 0 Å². The summed E-state index contributed by atoms with van der Waals surface area (Å²) in [6.07, 6.45) is 4.64. The van der Waals surface area contributed by atoms with Crippen LogP contribution in [-0.4, -0.2) is 36.0 Å². The maximum atomic E-state index is 12.6. The fourth-order valence-electron chi connectivity index (χ4n) is 3.26. The molecule has 0 saturated heterocycles. The maximum Gasteiger partial charge on any atom is 0.242 e. The third-order valence-electron chi connectivity index (χ3n) is 4.62. The van der Waals surface area contributed by atoms with E-state index in [0.717, 1.165) is 19.4 Å². The predicted molar refractivity (Wildman–Crippen MR) is 82.0 cm³/mol. The summed E-state index contributed by atoms with van der Waals surface area (Å²) in [4.78, 5) is 16.9. The summed E-state index contributed by atoms with van der Waals surface area (Å²) in [7, 11) is 0. The van der Waals surface area contributed by atoms with E-state index in [1.807, 2.05) is 0 Å². The van der Waals surface area contributed by atoms with E-state index in [1.165, 1.54) is 24.1 Å². The van der Waals surface area contributed by atoms with Crippen molar-refractivity contribution in [3.05, 3.63) is 29.8 Å². The number of anilines is 1. The number of nitrogens with zero attached hydrogens (tertiary/aromatic N) is 2. The molecule has 0 bridgehead atoms. The van der Waals surface area contributed by atoms with Crippen LogP contribution in [0.2, 0.25) is 0 Å². The van der Waals surface area contributed by atoms with E-state index in [1.54, 1.807) is 0 Å². The van der Waals surface area contributed by atoms with E-state index < -0.39 is 0 Å². The van der Waals surface area contributed by atoms with Gasteiger partial charge in [-0.3, -0.25) is 4.79 Å². The highest BCUT2D eigenvalue weighted by Gasteiger charge is 2.33. The van der Waals surface area contributed by atoms with Crippen molar-refractivity contribution in [2.24, 2.45) is 0 Å². The molecule has 0 N–H and O–H groups in total. The lowest BCUT2D eigenvalue weighted by Crippen LogP contribution is -2.46. The van der Waals surface area contributed by atoms with Gasteiger partial charge in [0, 0.05) is 24.3 Å². The van der Waals surface area contributed by atoms with Crippen molar-refractivity contribution in [1.29, 1.82) is 0 Å². The normalized spacial score (nSPS) is 21.5. The van der Waals surface area contributed by atoms with Crippen LogP contribution in [-0.2, 0) is 11.2 Å². The first-order chi connectivity index (χ1) is 9.70. The molecular formula is C17H24N2O. The number of carbonyl (C=O) groups is 1. The molecule has 2 aliphatic rings. The van der Waals surface area contributed by atoms with E-state index in [-0.39, 0.29) is 0 Å². The van der Waals surface area contributed by atoms with Crippen molar-refractivity contribution in [3.63, 3.8) is 0 Å². The van der Waals surface area contributed by atoms with Crippen molar-refractivity contribution in [3.8, 4) is 0 Å². The lowest BCUT2D eigenvalue weighted by atomic mass is 9.96.